The third-order valence-electron chi connectivity index (χ3n) is 3.87. The standard InChI is InChI=1S/C21H9F7O/c1-2-7-29-21-19(27)16(24)13(17(25)20(21)28)6-4-10-3-5-12-11(8-10)9-14(22)18(26)15(12)23/h2-3,5,8-9H,1,7H2. The summed E-state index contributed by atoms with van der Waals surface area (Å²) in [5.41, 5.74) is -1.18. The lowest BCUT2D eigenvalue weighted by molar-refractivity contribution is 0.301. The summed E-state index contributed by atoms with van der Waals surface area (Å²) in [5.74, 6) is -8.61. The van der Waals surface area contributed by atoms with E-state index in [1.165, 1.54) is 6.07 Å². The van der Waals surface area contributed by atoms with E-state index in [0.29, 0.717) is 6.07 Å². The molecule has 1 nitrogen and oxygen atoms in total. The quantitative estimate of drug-likeness (QED) is 0.175. The van der Waals surface area contributed by atoms with Crippen molar-refractivity contribution in [2.45, 2.75) is 0 Å². The molecule has 0 aliphatic rings. The van der Waals surface area contributed by atoms with Crippen LogP contribution in [0.25, 0.3) is 10.8 Å². The lowest BCUT2D eigenvalue weighted by Gasteiger charge is -2.09. The largest absolute Gasteiger partial charge is 0.483 e. The molecule has 0 bridgehead atoms. The molecule has 0 radical (unpaired) electrons. The summed E-state index contributed by atoms with van der Waals surface area (Å²) in [4.78, 5) is 0. The Morgan fingerprint density at radius 3 is 2.07 bits per heavy atom. The van der Waals surface area contributed by atoms with E-state index in [2.05, 4.69) is 17.2 Å². The summed E-state index contributed by atoms with van der Waals surface area (Å²) in [5, 5.41) is -0.313. The van der Waals surface area contributed by atoms with Crippen LogP contribution in [0.3, 0.4) is 0 Å². The number of benzene rings is 3. The Morgan fingerprint density at radius 1 is 0.793 bits per heavy atom. The normalized spacial score (nSPS) is 10.6. The van der Waals surface area contributed by atoms with Crippen LogP contribution in [-0.2, 0) is 0 Å². The third kappa shape index (κ3) is 3.63. The van der Waals surface area contributed by atoms with Gasteiger partial charge in [0.2, 0.25) is 11.6 Å². The van der Waals surface area contributed by atoms with Gasteiger partial charge in [-0.3, -0.25) is 0 Å². The Bertz CT molecular complexity index is 1180. The zero-order chi connectivity index (χ0) is 21.3. The minimum absolute atomic E-state index is 0.00880. The van der Waals surface area contributed by atoms with Gasteiger partial charge in [0, 0.05) is 10.9 Å². The molecule has 0 aromatic heterocycles. The van der Waals surface area contributed by atoms with Crippen LogP contribution in [0.4, 0.5) is 30.7 Å². The summed E-state index contributed by atoms with van der Waals surface area (Å²) in [6, 6.07) is 4.08. The van der Waals surface area contributed by atoms with Crippen LogP contribution < -0.4 is 4.74 Å². The van der Waals surface area contributed by atoms with Gasteiger partial charge in [0.05, 0.1) is 0 Å². The van der Waals surface area contributed by atoms with Crippen molar-refractivity contribution in [3.8, 4) is 17.6 Å². The number of halogens is 7. The number of rotatable bonds is 3. The van der Waals surface area contributed by atoms with Gasteiger partial charge in [-0.25, -0.2) is 22.0 Å². The Hall–Kier alpha value is -3.47. The van der Waals surface area contributed by atoms with Gasteiger partial charge in [-0.05, 0) is 23.6 Å². The van der Waals surface area contributed by atoms with E-state index in [-0.39, 0.29) is 22.9 Å². The molecule has 148 valence electrons. The van der Waals surface area contributed by atoms with Crippen molar-refractivity contribution in [1.82, 2.24) is 0 Å². The van der Waals surface area contributed by atoms with Gasteiger partial charge in [0.25, 0.3) is 0 Å². The molecular formula is C21H9F7O. The van der Waals surface area contributed by atoms with E-state index >= 15 is 0 Å². The van der Waals surface area contributed by atoms with Gasteiger partial charge < -0.3 is 4.74 Å². The lowest BCUT2D eigenvalue weighted by Crippen LogP contribution is -2.06. The molecular weight excluding hydrogens is 401 g/mol. The SMILES string of the molecule is C=CCOc1c(F)c(F)c(C#Cc2ccc3c(F)c(F)c(F)cc3c2)c(F)c1F. The zero-order valence-electron chi connectivity index (χ0n) is 14.4. The van der Waals surface area contributed by atoms with Gasteiger partial charge in [0.1, 0.15) is 12.2 Å². The molecule has 0 saturated carbocycles. The highest BCUT2D eigenvalue weighted by Crippen LogP contribution is 2.30. The van der Waals surface area contributed by atoms with Crippen LogP contribution in [0.15, 0.2) is 36.9 Å². The Kier molecular flexibility index (Phi) is 5.50. The molecule has 8 heteroatoms. The number of hydrogen-bond donors (Lipinski definition) is 0. The fourth-order valence-corrected chi connectivity index (χ4v) is 2.51. The number of hydrogen-bond acceptors (Lipinski definition) is 1. The molecule has 0 heterocycles. The average molecular weight is 410 g/mol. The maximum Gasteiger partial charge on any atom is 0.205 e. The molecule has 29 heavy (non-hydrogen) atoms. The second kappa shape index (κ2) is 7.87. The van der Waals surface area contributed by atoms with Crippen LogP contribution in [0.2, 0.25) is 0 Å². The van der Waals surface area contributed by atoms with Crippen molar-refractivity contribution in [2.24, 2.45) is 0 Å². The first-order chi connectivity index (χ1) is 13.8. The van der Waals surface area contributed by atoms with E-state index < -0.39 is 52.0 Å². The first-order valence-electron chi connectivity index (χ1n) is 7.95. The molecule has 0 atom stereocenters. The monoisotopic (exact) mass is 410 g/mol. The molecule has 0 aliphatic heterocycles. The fraction of sp³-hybridized carbons (Fsp3) is 0.0476. The van der Waals surface area contributed by atoms with Gasteiger partial charge in [0.15, 0.2) is 34.8 Å². The average Bonchev–Trinajstić information content (AvgIpc) is 2.70. The summed E-state index contributed by atoms with van der Waals surface area (Å²) in [7, 11) is 0. The van der Waals surface area contributed by atoms with Crippen LogP contribution in [0, 0.1) is 52.6 Å². The topological polar surface area (TPSA) is 9.23 Å². The molecule has 0 fully saturated rings. The molecule has 3 aromatic rings. The van der Waals surface area contributed by atoms with Crippen molar-refractivity contribution < 1.29 is 35.5 Å². The van der Waals surface area contributed by atoms with Crippen LogP contribution >= 0.6 is 0 Å². The smallest absolute Gasteiger partial charge is 0.205 e. The lowest BCUT2D eigenvalue weighted by atomic mass is 10.1. The maximum atomic E-state index is 14.1. The molecule has 0 unspecified atom stereocenters. The highest BCUT2D eigenvalue weighted by atomic mass is 19.2. The molecule has 3 rings (SSSR count). The number of fused-ring (bicyclic) bond motifs is 1. The highest BCUT2D eigenvalue weighted by Gasteiger charge is 2.25. The van der Waals surface area contributed by atoms with E-state index in [4.69, 9.17) is 0 Å². The molecule has 0 aliphatic carbocycles. The summed E-state index contributed by atoms with van der Waals surface area (Å²) >= 11 is 0. The predicted octanol–water partition coefficient (Wildman–Crippen LogP) is 5.78. The fourth-order valence-electron chi connectivity index (χ4n) is 2.51. The summed E-state index contributed by atoms with van der Waals surface area (Å²) in [6.07, 6.45) is 1.12. The van der Waals surface area contributed by atoms with E-state index in [1.807, 2.05) is 5.92 Å². The van der Waals surface area contributed by atoms with Crippen LogP contribution in [0.1, 0.15) is 11.1 Å². The minimum atomic E-state index is -1.77. The van der Waals surface area contributed by atoms with E-state index in [1.54, 1.807) is 0 Å². The Morgan fingerprint density at radius 2 is 1.45 bits per heavy atom. The highest BCUT2D eigenvalue weighted by molar-refractivity contribution is 5.84. The molecule has 0 N–H and O–H groups in total. The van der Waals surface area contributed by atoms with Crippen LogP contribution in [-0.4, -0.2) is 6.61 Å². The number of ether oxygens (including phenoxy) is 1. The minimum Gasteiger partial charge on any atom is -0.483 e. The molecule has 0 spiro atoms. The van der Waals surface area contributed by atoms with E-state index in [9.17, 15) is 30.7 Å². The van der Waals surface area contributed by atoms with Crippen molar-refractivity contribution in [3.63, 3.8) is 0 Å². The van der Waals surface area contributed by atoms with Gasteiger partial charge in [-0.2, -0.15) is 8.78 Å². The van der Waals surface area contributed by atoms with Crippen molar-refractivity contribution >= 4 is 10.8 Å². The van der Waals surface area contributed by atoms with E-state index in [0.717, 1.165) is 18.2 Å². The second-order valence-electron chi connectivity index (χ2n) is 5.73. The van der Waals surface area contributed by atoms with Crippen molar-refractivity contribution in [3.05, 3.63) is 88.8 Å². The summed E-state index contributed by atoms with van der Waals surface area (Å²) in [6.45, 7) is 2.86. The van der Waals surface area contributed by atoms with Gasteiger partial charge in [-0.1, -0.05) is 30.6 Å². The van der Waals surface area contributed by atoms with Crippen molar-refractivity contribution in [1.29, 1.82) is 0 Å². The summed E-state index contributed by atoms with van der Waals surface area (Å²) < 4.78 is 101. The molecule has 0 saturated heterocycles. The first kappa shape index (κ1) is 20.3. The maximum absolute atomic E-state index is 14.1. The second-order valence-corrected chi connectivity index (χ2v) is 5.73. The first-order valence-corrected chi connectivity index (χ1v) is 7.95. The predicted molar refractivity (Wildman–Crippen MR) is 91.8 cm³/mol. The van der Waals surface area contributed by atoms with Crippen LogP contribution in [0.5, 0.6) is 5.75 Å². The third-order valence-corrected chi connectivity index (χ3v) is 3.87. The molecule has 3 aromatic carbocycles. The Labute approximate surface area is 160 Å². The van der Waals surface area contributed by atoms with Gasteiger partial charge >= 0.3 is 0 Å². The van der Waals surface area contributed by atoms with Gasteiger partial charge in [-0.15, -0.1) is 0 Å². The zero-order valence-corrected chi connectivity index (χ0v) is 14.4. The molecule has 0 amide bonds. The Balaban J connectivity index is 2.08. The van der Waals surface area contributed by atoms with Crippen molar-refractivity contribution in [2.75, 3.05) is 6.61 Å².